The highest BCUT2D eigenvalue weighted by molar-refractivity contribution is 6.10. The van der Waals surface area contributed by atoms with Gasteiger partial charge in [0.15, 0.2) is 11.5 Å². The molecule has 3 aromatic rings. The van der Waals surface area contributed by atoms with E-state index in [1.807, 2.05) is 49.4 Å². The number of ether oxygens (including phenoxy) is 4. The Morgan fingerprint density at radius 3 is 2.17 bits per heavy atom. The Bertz CT molecular complexity index is 1350. The van der Waals surface area contributed by atoms with Crippen LogP contribution in [-0.4, -0.2) is 39.5 Å². The van der Waals surface area contributed by atoms with Crippen LogP contribution < -0.4 is 24.3 Å². The molecule has 0 spiro atoms. The molecule has 0 fully saturated rings. The van der Waals surface area contributed by atoms with Crippen LogP contribution in [0.5, 0.6) is 28.7 Å². The molecule has 1 aliphatic carbocycles. The molecule has 7 heteroatoms. The van der Waals surface area contributed by atoms with E-state index in [9.17, 15) is 9.90 Å². The van der Waals surface area contributed by atoms with Gasteiger partial charge in [0.05, 0.1) is 34.9 Å². The Hall–Kier alpha value is -4.39. The first-order valence-corrected chi connectivity index (χ1v) is 11.4. The van der Waals surface area contributed by atoms with Crippen molar-refractivity contribution >= 4 is 28.8 Å². The van der Waals surface area contributed by atoms with Crippen LogP contribution >= 0.6 is 0 Å². The monoisotopic (exact) mass is 487 g/mol. The van der Waals surface area contributed by atoms with Gasteiger partial charge in [0, 0.05) is 11.8 Å². The number of hydrogen-bond acceptors (Lipinski definition) is 6. The van der Waals surface area contributed by atoms with E-state index in [1.54, 1.807) is 32.4 Å². The second kappa shape index (κ2) is 10.5. The third kappa shape index (κ3) is 4.86. The number of methoxy groups -OCH3 is 4. The number of anilines is 1. The fourth-order valence-corrected chi connectivity index (χ4v) is 4.35. The van der Waals surface area contributed by atoms with Crippen LogP contribution in [0.1, 0.15) is 30.0 Å². The molecule has 7 nitrogen and oxygen atoms in total. The maximum absolute atomic E-state index is 13.0. The van der Waals surface area contributed by atoms with Crippen molar-refractivity contribution in [1.82, 2.24) is 0 Å². The number of carbonyl (C=O) groups excluding carboxylic acids is 1. The molecule has 186 valence electrons. The van der Waals surface area contributed by atoms with Gasteiger partial charge in [-0.2, -0.15) is 0 Å². The van der Waals surface area contributed by atoms with Crippen molar-refractivity contribution in [2.24, 2.45) is 0 Å². The quantitative estimate of drug-likeness (QED) is 0.419. The summed E-state index contributed by atoms with van der Waals surface area (Å²) >= 11 is 0. The minimum Gasteiger partial charge on any atom is -0.502 e. The lowest BCUT2D eigenvalue weighted by Gasteiger charge is -2.11. The van der Waals surface area contributed by atoms with Crippen LogP contribution in [-0.2, 0) is 4.79 Å². The Balaban J connectivity index is 1.74. The molecular weight excluding hydrogens is 458 g/mol. The minimum atomic E-state index is -0.138. The predicted molar refractivity (Wildman–Crippen MR) is 141 cm³/mol. The molecule has 1 aliphatic rings. The zero-order valence-electron chi connectivity index (χ0n) is 21.0. The SMILES string of the molecule is COc1cccc(NC(=O)CC2=C(C)C(=Cc3cc(OC)c(O)c(OC)c3)c3ccc(OC)cc32)c1. The van der Waals surface area contributed by atoms with Gasteiger partial charge in [-0.25, -0.2) is 0 Å². The lowest BCUT2D eigenvalue weighted by molar-refractivity contribution is -0.115. The smallest absolute Gasteiger partial charge is 0.228 e. The maximum Gasteiger partial charge on any atom is 0.228 e. The zero-order valence-corrected chi connectivity index (χ0v) is 21.0. The zero-order chi connectivity index (χ0) is 25.8. The molecule has 36 heavy (non-hydrogen) atoms. The van der Waals surface area contributed by atoms with E-state index in [2.05, 4.69) is 5.32 Å². The third-order valence-electron chi connectivity index (χ3n) is 6.20. The molecule has 0 unspecified atom stereocenters. The average molecular weight is 488 g/mol. The summed E-state index contributed by atoms with van der Waals surface area (Å²) in [6, 6.07) is 16.6. The summed E-state index contributed by atoms with van der Waals surface area (Å²) in [5.74, 6) is 1.81. The Morgan fingerprint density at radius 1 is 0.861 bits per heavy atom. The minimum absolute atomic E-state index is 0.0547. The molecule has 0 saturated carbocycles. The summed E-state index contributed by atoms with van der Waals surface area (Å²) in [5, 5.41) is 13.3. The van der Waals surface area contributed by atoms with Crippen molar-refractivity contribution in [1.29, 1.82) is 0 Å². The topological polar surface area (TPSA) is 86.3 Å². The van der Waals surface area contributed by atoms with Crippen molar-refractivity contribution in [3.8, 4) is 28.7 Å². The Labute approximate surface area is 210 Å². The number of phenolic OH excluding ortho intramolecular Hbond substituents is 1. The lowest BCUT2D eigenvalue weighted by Crippen LogP contribution is -2.12. The molecule has 0 aromatic heterocycles. The predicted octanol–water partition coefficient (Wildman–Crippen LogP) is 5.78. The number of nitrogens with one attached hydrogen (secondary N) is 1. The number of fused-ring (bicyclic) bond motifs is 1. The van der Waals surface area contributed by atoms with Gasteiger partial charge in [-0.15, -0.1) is 0 Å². The Kier molecular flexibility index (Phi) is 7.20. The van der Waals surface area contributed by atoms with Gasteiger partial charge in [-0.3, -0.25) is 4.79 Å². The van der Waals surface area contributed by atoms with Crippen LogP contribution in [0.15, 0.2) is 60.2 Å². The standard InChI is InChI=1S/C29H29NO6/c1-17-23(11-18-12-26(35-4)29(32)27(13-18)36-5)22-10-9-21(34-3)15-25(22)24(17)16-28(31)30-19-7-6-8-20(14-19)33-2/h6-15,32H,16H2,1-5H3,(H,30,31). The third-order valence-corrected chi connectivity index (χ3v) is 6.20. The van der Waals surface area contributed by atoms with Gasteiger partial charge >= 0.3 is 0 Å². The van der Waals surface area contributed by atoms with Gasteiger partial charge in [-0.05, 0) is 82.8 Å². The normalized spacial score (nSPS) is 13.4. The molecular formula is C29H29NO6. The highest BCUT2D eigenvalue weighted by Crippen LogP contribution is 2.46. The van der Waals surface area contributed by atoms with Gasteiger partial charge in [0.25, 0.3) is 0 Å². The number of benzene rings is 3. The van der Waals surface area contributed by atoms with Crippen LogP contribution in [0, 0.1) is 0 Å². The van der Waals surface area contributed by atoms with Crippen LogP contribution in [0.25, 0.3) is 17.2 Å². The van der Waals surface area contributed by atoms with E-state index in [4.69, 9.17) is 18.9 Å². The number of phenols is 1. The maximum atomic E-state index is 13.0. The van der Waals surface area contributed by atoms with Crippen molar-refractivity contribution in [2.45, 2.75) is 13.3 Å². The van der Waals surface area contributed by atoms with E-state index >= 15 is 0 Å². The summed E-state index contributed by atoms with van der Waals surface area (Å²) in [5.41, 5.74) is 6.24. The molecule has 0 aliphatic heterocycles. The number of amides is 1. The molecule has 2 N–H and O–H groups in total. The second-order valence-electron chi connectivity index (χ2n) is 8.30. The van der Waals surface area contributed by atoms with Crippen LogP contribution in [0.2, 0.25) is 0 Å². The number of rotatable bonds is 8. The first kappa shape index (κ1) is 24.7. The fraction of sp³-hybridized carbons (Fsp3) is 0.207. The highest BCUT2D eigenvalue weighted by Gasteiger charge is 2.26. The Morgan fingerprint density at radius 2 is 1.53 bits per heavy atom. The fourth-order valence-electron chi connectivity index (χ4n) is 4.35. The van der Waals surface area contributed by atoms with Gasteiger partial charge in [0.2, 0.25) is 11.7 Å². The molecule has 1 amide bonds. The first-order chi connectivity index (χ1) is 17.4. The van der Waals surface area contributed by atoms with Crippen molar-refractivity contribution in [3.05, 3.63) is 76.9 Å². The molecule has 0 bridgehead atoms. The van der Waals surface area contributed by atoms with E-state index in [0.717, 1.165) is 33.4 Å². The van der Waals surface area contributed by atoms with Crippen molar-refractivity contribution in [2.75, 3.05) is 33.8 Å². The molecule has 0 heterocycles. The number of allylic oxidation sites excluding steroid dienone is 2. The second-order valence-corrected chi connectivity index (χ2v) is 8.30. The summed E-state index contributed by atoms with van der Waals surface area (Å²) in [7, 11) is 6.19. The molecule has 0 saturated heterocycles. The van der Waals surface area contributed by atoms with Crippen LogP contribution in [0.4, 0.5) is 5.69 Å². The number of hydrogen-bond donors (Lipinski definition) is 2. The highest BCUT2D eigenvalue weighted by atomic mass is 16.5. The van der Waals surface area contributed by atoms with E-state index in [0.29, 0.717) is 28.7 Å². The van der Waals surface area contributed by atoms with Crippen molar-refractivity contribution in [3.63, 3.8) is 0 Å². The molecule has 3 aromatic carbocycles. The summed E-state index contributed by atoms with van der Waals surface area (Å²) in [6.45, 7) is 2.00. The van der Waals surface area contributed by atoms with Gasteiger partial charge in [0.1, 0.15) is 11.5 Å². The molecule has 4 rings (SSSR count). The number of carbonyl (C=O) groups is 1. The van der Waals surface area contributed by atoms with Gasteiger partial charge in [-0.1, -0.05) is 12.1 Å². The number of aromatic hydroxyl groups is 1. The van der Waals surface area contributed by atoms with Crippen molar-refractivity contribution < 1.29 is 28.8 Å². The summed E-state index contributed by atoms with van der Waals surface area (Å²) < 4.78 is 21.3. The first-order valence-electron chi connectivity index (χ1n) is 11.4. The van der Waals surface area contributed by atoms with E-state index < -0.39 is 0 Å². The lowest BCUT2D eigenvalue weighted by atomic mass is 10.00. The van der Waals surface area contributed by atoms with E-state index in [1.165, 1.54) is 14.2 Å². The molecule has 0 radical (unpaired) electrons. The summed E-state index contributed by atoms with van der Waals surface area (Å²) in [6.07, 6.45) is 2.18. The largest absolute Gasteiger partial charge is 0.502 e. The van der Waals surface area contributed by atoms with Gasteiger partial charge < -0.3 is 29.4 Å². The summed E-state index contributed by atoms with van der Waals surface area (Å²) in [4.78, 5) is 13.0. The average Bonchev–Trinajstić information content (AvgIpc) is 3.14. The van der Waals surface area contributed by atoms with E-state index in [-0.39, 0.29) is 18.1 Å². The molecule has 0 atom stereocenters. The van der Waals surface area contributed by atoms with Crippen LogP contribution in [0.3, 0.4) is 0 Å².